The molecule has 0 aromatic heterocycles. The molecule has 8 nitrogen and oxygen atoms in total. The number of hydrogen-bond donors (Lipinski definition) is 2. The minimum atomic E-state index is -0.655. The summed E-state index contributed by atoms with van der Waals surface area (Å²) in [6.45, 7) is 2.25. The third-order valence-corrected chi connectivity index (χ3v) is 5.95. The molecule has 0 spiro atoms. The van der Waals surface area contributed by atoms with Crippen molar-refractivity contribution in [1.82, 2.24) is 0 Å². The number of anilines is 3. The van der Waals surface area contributed by atoms with Gasteiger partial charge in [-0.25, -0.2) is 9.69 Å². The second kappa shape index (κ2) is 11.3. The van der Waals surface area contributed by atoms with E-state index < -0.39 is 17.8 Å². The van der Waals surface area contributed by atoms with Crippen molar-refractivity contribution in [2.75, 3.05) is 22.1 Å². The van der Waals surface area contributed by atoms with E-state index in [1.54, 1.807) is 72.8 Å². The van der Waals surface area contributed by atoms with E-state index >= 15 is 0 Å². The van der Waals surface area contributed by atoms with Gasteiger partial charge in [0.05, 0.1) is 17.9 Å². The highest BCUT2D eigenvalue weighted by atomic mass is 35.5. The van der Waals surface area contributed by atoms with Gasteiger partial charge in [0.15, 0.2) is 0 Å². The summed E-state index contributed by atoms with van der Waals surface area (Å²) in [5, 5.41) is 5.83. The van der Waals surface area contributed by atoms with Crippen LogP contribution in [0.25, 0.3) is 0 Å². The molecule has 0 radical (unpaired) electrons. The Bertz CT molecular complexity index is 1390. The molecule has 3 amide bonds. The van der Waals surface area contributed by atoms with Gasteiger partial charge >= 0.3 is 5.97 Å². The van der Waals surface area contributed by atoms with Gasteiger partial charge in [0.25, 0.3) is 17.7 Å². The van der Waals surface area contributed by atoms with Crippen LogP contribution in [0.15, 0.2) is 83.5 Å². The van der Waals surface area contributed by atoms with Crippen molar-refractivity contribution in [2.24, 2.45) is 0 Å². The first-order valence-corrected chi connectivity index (χ1v) is 12.0. The third-order valence-electron chi connectivity index (χ3n) is 5.34. The fourth-order valence-electron chi connectivity index (χ4n) is 3.46. The SMILES string of the molecule is CCCOC(=O)c1ccc(NC(=O)c2ccc(NC3=C(Cl)C(=O)N(c4ccc(Cl)cc4)C3=O)cc2)cc1. The maximum absolute atomic E-state index is 12.9. The number of amides is 3. The maximum atomic E-state index is 12.9. The number of esters is 1. The molecule has 3 aromatic rings. The van der Waals surface area contributed by atoms with Gasteiger partial charge in [-0.2, -0.15) is 0 Å². The van der Waals surface area contributed by atoms with E-state index in [2.05, 4.69) is 10.6 Å². The zero-order valence-corrected chi connectivity index (χ0v) is 21.1. The number of hydrogen-bond acceptors (Lipinski definition) is 6. The molecule has 0 bridgehead atoms. The fourth-order valence-corrected chi connectivity index (χ4v) is 3.79. The first kappa shape index (κ1) is 25.9. The molecule has 188 valence electrons. The van der Waals surface area contributed by atoms with Crippen molar-refractivity contribution >= 4 is 64.0 Å². The Morgan fingerprint density at radius 3 is 2.03 bits per heavy atom. The molecule has 37 heavy (non-hydrogen) atoms. The van der Waals surface area contributed by atoms with Crippen molar-refractivity contribution in [2.45, 2.75) is 13.3 Å². The van der Waals surface area contributed by atoms with Crippen LogP contribution in [-0.2, 0) is 14.3 Å². The minimum absolute atomic E-state index is 0.0728. The number of nitrogens with one attached hydrogen (secondary N) is 2. The van der Waals surface area contributed by atoms with Crippen LogP contribution in [-0.4, -0.2) is 30.3 Å². The second-order valence-corrected chi connectivity index (χ2v) is 8.80. The third kappa shape index (κ3) is 5.82. The van der Waals surface area contributed by atoms with Crippen molar-refractivity contribution < 1.29 is 23.9 Å². The van der Waals surface area contributed by atoms with Crippen LogP contribution in [0.4, 0.5) is 17.1 Å². The molecule has 1 aliphatic heterocycles. The molecule has 3 aromatic carbocycles. The molecular formula is C27H21Cl2N3O5. The predicted molar refractivity (Wildman–Crippen MR) is 142 cm³/mol. The van der Waals surface area contributed by atoms with Crippen LogP contribution in [0.1, 0.15) is 34.1 Å². The summed E-state index contributed by atoms with van der Waals surface area (Å²) in [5.41, 5.74) is 1.98. The highest BCUT2D eigenvalue weighted by Gasteiger charge is 2.38. The number of nitrogens with zero attached hydrogens (tertiary/aromatic N) is 1. The summed E-state index contributed by atoms with van der Waals surface area (Å²) < 4.78 is 5.09. The van der Waals surface area contributed by atoms with Crippen LogP contribution < -0.4 is 15.5 Å². The van der Waals surface area contributed by atoms with Crippen molar-refractivity contribution in [3.8, 4) is 0 Å². The average molecular weight is 538 g/mol. The first-order valence-electron chi connectivity index (χ1n) is 11.3. The van der Waals surface area contributed by atoms with Gasteiger partial charge in [-0.1, -0.05) is 30.1 Å². The number of carbonyl (C=O) groups is 4. The number of carbonyl (C=O) groups excluding carboxylic acids is 4. The lowest BCUT2D eigenvalue weighted by atomic mass is 10.1. The summed E-state index contributed by atoms with van der Waals surface area (Å²) >= 11 is 12.0. The number of ether oxygens (including phenoxy) is 1. The lowest BCUT2D eigenvalue weighted by Gasteiger charge is -2.15. The van der Waals surface area contributed by atoms with Crippen LogP contribution in [0, 0.1) is 0 Å². The van der Waals surface area contributed by atoms with Crippen molar-refractivity contribution in [3.05, 3.63) is 99.7 Å². The summed E-state index contributed by atoms with van der Waals surface area (Å²) in [4.78, 5) is 51.0. The fraction of sp³-hybridized carbons (Fsp3) is 0.111. The van der Waals surface area contributed by atoms with Gasteiger partial charge in [0, 0.05) is 22.0 Å². The molecule has 10 heteroatoms. The van der Waals surface area contributed by atoms with Crippen LogP contribution in [0.3, 0.4) is 0 Å². The van der Waals surface area contributed by atoms with Gasteiger partial charge < -0.3 is 15.4 Å². The Kier molecular flexibility index (Phi) is 7.91. The van der Waals surface area contributed by atoms with Crippen LogP contribution in [0.2, 0.25) is 5.02 Å². The molecule has 1 heterocycles. The summed E-state index contributed by atoms with van der Waals surface area (Å²) in [6, 6.07) is 18.9. The maximum Gasteiger partial charge on any atom is 0.338 e. The smallest absolute Gasteiger partial charge is 0.338 e. The Morgan fingerprint density at radius 1 is 0.811 bits per heavy atom. The summed E-state index contributed by atoms with van der Waals surface area (Å²) in [6.07, 6.45) is 0.731. The highest BCUT2D eigenvalue weighted by Crippen LogP contribution is 2.30. The quantitative estimate of drug-likeness (QED) is 0.286. The molecule has 4 rings (SSSR count). The molecule has 0 atom stereocenters. The summed E-state index contributed by atoms with van der Waals surface area (Å²) in [5.74, 6) is -2.05. The minimum Gasteiger partial charge on any atom is -0.462 e. The first-order chi connectivity index (χ1) is 17.8. The lowest BCUT2D eigenvalue weighted by Crippen LogP contribution is -2.32. The molecule has 1 aliphatic rings. The van der Waals surface area contributed by atoms with E-state index in [4.69, 9.17) is 27.9 Å². The topological polar surface area (TPSA) is 105 Å². The van der Waals surface area contributed by atoms with E-state index in [1.807, 2.05) is 6.92 Å². The standard InChI is InChI=1S/C27H21Cl2N3O5/c1-2-15-37-27(36)17-5-11-20(12-6-17)31-24(33)16-3-9-19(10-4-16)30-23-22(29)25(34)32(26(23)35)21-13-7-18(28)8-14-21/h3-14,30H,2,15H2,1H3,(H,31,33). The van der Waals surface area contributed by atoms with E-state index in [0.29, 0.717) is 39.8 Å². The van der Waals surface area contributed by atoms with E-state index in [-0.39, 0.29) is 16.6 Å². The average Bonchev–Trinajstić information content (AvgIpc) is 3.11. The zero-order valence-electron chi connectivity index (χ0n) is 19.6. The Labute approximate surface area is 222 Å². The Morgan fingerprint density at radius 2 is 1.41 bits per heavy atom. The van der Waals surface area contributed by atoms with Gasteiger partial charge in [-0.3, -0.25) is 14.4 Å². The molecule has 0 aliphatic carbocycles. The van der Waals surface area contributed by atoms with Gasteiger partial charge in [-0.05, 0) is 79.2 Å². The van der Waals surface area contributed by atoms with Crippen molar-refractivity contribution in [3.63, 3.8) is 0 Å². The van der Waals surface area contributed by atoms with Gasteiger partial charge in [0.1, 0.15) is 10.7 Å². The number of halogens is 2. The van der Waals surface area contributed by atoms with Gasteiger partial charge in [0.2, 0.25) is 0 Å². The highest BCUT2D eigenvalue weighted by molar-refractivity contribution is 6.53. The molecule has 0 fully saturated rings. The monoisotopic (exact) mass is 537 g/mol. The number of benzene rings is 3. The van der Waals surface area contributed by atoms with E-state index in [0.717, 1.165) is 11.3 Å². The Balaban J connectivity index is 1.40. The zero-order chi connectivity index (χ0) is 26.5. The summed E-state index contributed by atoms with van der Waals surface area (Å²) in [7, 11) is 0. The van der Waals surface area contributed by atoms with E-state index in [1.165, 1.54) is 0 Å². The predicted octanol–water partition coefficient (Wildman–Crippen LogP) is 5.59. The molecule has 0 unspecified atom stereocenters. The van der Waals surface area contributed by atoms with Gasteiger partial charge in [-0.15, -0.1) is 0 Å². The van der Waals surface area contributed by atoms with Crippen LogP contribution >= 0.6 is 23.2 Å². The van der Waals surface area contributed by atoms with E-state index in [9.17, 15) is 19.2 Å². The molecule has 0 saturated heterocycles. The van der Waals surface area contributed by atoms with Crippen LogP contribution in [0.5, 0.6) is 0 Å². The molecular weight excluding hydrogens is 517 g/mol. The largest absolute Gasteiger partial charge is 0.462 e. The number of imide groups is 1. The Hall–Kier alpha value is -4.14. The molecule has 0 saturated carbocycles. The number of rotatable bonds is 8. The second-order valence-electron chi connectivity index (χ2n) is 7.98. The lowest BCUT2D eigenvalue weighted by molar-refractivity contribution is -0.120. The normalized spacial score (nSPS) is 13.1. The molecule has 2 N–H and O–H groups in total. The van der Waals surface area contributed by atoms with Crippen molar-refractivity contribution in [1.29, 1.82) is 0 Å².